The first kappa shape index (κ1) is 22.7. The van der Waals surface area contributed by atoms with Gasteiger partial charge < -0.3 is 5.32 Å². The molecule has 1 fully saturated rings. The SMILES string of the molecule is CN1C(=O)C(CC(=O)Nc2ccc(Cl)cc2)N(Nc2c(F)c(F)c(F)c(F)c2F)C1=S. The van der Waals surface area contributed by atoms with Crippen molar-refractivity contribution in [1.82, 2.24) is 9.91 Å². The van der Waals surface area contributed by atoms with E-state index in [2.05, 4.69) is 5.32 Å². The predicted molar refractivity (Wildman–Crippen MR) is 106 cm³/mol. The average molecular weight is 479 g/mol. The molecule has 2 aromatic carbocycles. The number of nitrogens with one attached hydrogen (secondary N) is 2. The zero-order chi connectivity index (χ0) is 23.0. The number of likely N-dealkylation sites (N-methyl/N-ethyl adjacent to an activating group) is 1. The maximum Gasteiger partial charge on any atom is 0.253 e. The maximum atomic E-state index is 14.0. The summed E-state index contributed by atoms with van der Waals surface area (Å²) in [6.45, 7) is 0. The molecule has 0 spiro atoms. The van der Waals surface area contributed by atoms with Crippen LogP contribution in [-0.2, 0) is 9.59 Å². The van der Waals surface area contributed by atoms with Crippen molar-refractivity contribution >= 4 is 52.1 Å². The lowest BCUT2D eigenvalue weighted by Crippen LogP contribution is -2.42. The van der Waals surface area contributed by atoms with Gasteiger partial charge in [0.1, 0.15) is 11.7 Å². The number of rotatable bonds is 5. The first-order valence-electron chi connectivity index (χ1n) is 8.47. The van der Waals surface area contributed by atoms with Gasteiger partial charge in [0, 0.05) is 17.8 Å². The number of hydrazine groups is 1. The van der Waals surface area contributed by atoms with Crippen molar-refractivity contribution in [3.05, 3.63) is 58.4 Å². The minimum absolute atomic E-state index is 0.335. The number of carbonyl (C=O) groups is 2. The van der Waals surface area contributed by atoms with Crippen molar-refractivity contribution in [3.63, 3.8) is 0 Å². The summed E-state index contributed by atoms with van der Waals surface area (Å²) in [5, 5.41) is 3.28. The van der Waals surface area contributed by atoms with Crippen LogP contribution in [0.5, 0.6) is 0 Å². The van der Waals surface area contributed by atoms with E-state index in [0.717, 1.165) is 4.90 Å². The van der Waals surface area contributed by atoms with Gasteiger partial charge in [-0.25, -0.2) is 27.0 Å². The minimum Gasteiger partial charge on any atom is -0.326 e. The number of hydrogen-bond acceptors (Lipinski definition) is 4. The molecular weight excluding hydrogens is 467 g/mol. The van der Waals surface area contributed by atoms with Gasteiger partial charge in [-0.05, 0) is 36.5 Å². The number of nitrogens with zero attached hydrogens (tertiary/aromatic N) is 2. The van der Waals surface area contributed by atoms with Gasteiger partial charge in [-0.2, -0.15) is 0 Å². The molecular formula is C18H12ClF5N4O2S. The van der Waals surface area contributed by atoms with Crippen LogP contribution in [0, 0.1) is 29.1 Å². The Labute approximate surface area is 182 Å². The van der Waals surface area contributed by atoms with Gasteiger partial charge in [-0.15, -0.1) is 0 Å². The molecule has 0 aromatic heterocycles. The third kappa shape index (κ3) is 4.26. The van der Waals surface area contributed by atoms with Crippen LogP contribution in [0.15, 0.2) is 24.3 Å². The van der Waals surface area contributed by atoms with Crippen LogP contribution >= 0.6 is 23.8 Å². The van der Waals surface area contributed by atoms with Gasteiger partial charge in [0.2, 0.25) is 11.7 Å². The largest absolute Gasteiger partial charge is 0.326 e. The fourth-order valence-corrected chi connectivity index (χ4v) is 3.16. The lowest BCUT2D eigenvalue weighted by molar-refractivity contribution is -0.129. The second-order valence-corrected chi connectivity index (χ2v) is 7.18. The molecule has 0 bridgehead atoms. The summed E-state index contributed by atoms with van der Waals surface area (Å²) in [6, 6.07) is 4.60. The molecule has 2 N–H and O–H groups in total. The molecule has 1 atom stereocenters. The number of anilines is 2. The smallest absolute Gasteiger partial charge is 0.253 e. The number of carbonyl (C=O) groups excluding carboxylic acids is 2. The average Bonchev–Trinajstić information content (AvgIpc) is 2.93. The summed E-state index contributed by atoms with van der Waals surface area (Å²) in [6.07, 6.45) is -0.547. The van der Waals surface area contributed by atoms with Crippen molar-refractivity contribution < 1.29 is 31.5 Å². The van der Waals surface area contributed by atoms with Gasteiger partial charge >= 0.3 is 0 Å². The van der Waals surface area contributed by atoms with Gasteiger partial charge in [0.05, 0.1) is 6.42 Å². The number of benzene rings is 2. The van der Waals surface area contributed by atoms with Gasteiger partial charge in [-0.1, -0.05) is 11.6 Å². The van der Waals surface area contributed by atoms with E-state index in [1.54, 1.807) is 0 Å². The Hall–Kier alpha value is -2.99. The highest BCUT2D eigenvalue weighted by Crippen LogP contribution is 2.30. The molecule has 6 nitrogen and oxygen atoms in total. The Morgan fingerprint density at radius 3 is 2.10 bits per heavy atom. The molecule has 31 heavy (non-hydrogen) atoms. The van der Waals surface area contributed by atoms with E-state index >= 15 is 0 Å². The highest BCUT2D eigenvalue weighted by atomic mass is 35.5. The highest BCUT2D eigenvalue weighted by molar-refractivity contribution is 7.80. The normalized spacial score (nSPS) is 16.2. The molecule has 2 amide bonds. The lowest BCUT2D eigenvalue weighted by atomic mass is 10.2. The van der Waals surface area contributed by atoms with Crippen molar-refractivity contribution in [2.75, 3.05) is 17.8 Å². The predicted octanol–water partition coefficient (Wildman–Crippen LogP) is 3.82. The molecule has 1 aliphatic rings. The van der Waals surface area contributed by atoms with Crippen LogP contribution in [0.3, 0.4) is 0 Å². The molecule has 13 heteroatoms. The third-order valence-corrected chi connectivity index (χ3v) is 5.09. The molecule has 0 radical (unpaired) electrons. The fourth-order valence-electron chi connectivity index (χ4n) is 2.77. The zero-order valence-corrected chi connectivity index (χ0v) is 17.1. The molecule has 1 saturated heterocycles. The van der Waals surface area contributed by atoms with Crippen LogP contribution in [0.25, 0.3) is 0 Å². The number of hydrogen-bond donors (Lipinski definition) is 2. The standard InChI is InChI=1S/C18H12ClF5N4O2S/c1-27-17(30)9(6-10(29)25-8-4-2-7(19)3-5-8)28(18(27)31)26-16-14(23)12(21)11(20)13(22)15(16)24/h2-5,9,26H,6H2,1H3,(H,25,29). The van der Waals surface area contributed by atoms with Crippen LogP contribution in [0.1, 0.15) is 6.42 Å². The van der Waals surface area contributed by atoms with Crippen LogP contribution < -0.4 is 10.7 Å². The molecule has 1 heterocycles. The van der Waals surface area contributed by atoms with E-state index < -0.39 is 59.1 Å². The van der Waals surface area contributed by atoms with E-state index in [0.29, 0.717) is 15.7 Å². The van der Waals surface area contributed by atoms with Crippen molar-refractivity contribution in [1.29, 1.82) is 0 Å². The monoisotopic (exact) mass is 478 g/mol. The minimum atomic E-state index is -2.34. The quantitative estimate of drug-likeness (QED) is 0.296. The molecule has 0 saturated carbocycles. The van der Waals surface area contributed by atoms with E-state index in [1.807, 2.05) is 5.43 Å². The summed E-state index contributed by atoms with van der Waals surface area (Å²) < 4.78 is 68.4. The summed E-state index contributed by atoms with van der Waals surface area (Å²) in [5.41, 5.74) is 0.904. The Morgan fingerprint density at radius 2 is 1.55 bits per heavy atom. The van der Waals surface area contributed by atoms with Crippen molar-refractivity contribution in [3.8, 4) is 0 Å². The summed E-state index contributed by atoms with van der Waals surface area (Å²) in [4.78, 5) is 25.7. The first-order valence-corrected chi connectivity index (χ1v) is 9.25. The van der Waals surface area contributed by atoms with E-state index in [1.165, 1.54) is 31.3 Å². The highest BCUT2D eigenvalue weighted by Gasteiger charge is 2.43. The van der Waals surface area contributed by atoms with Gasteiger partial charge in [0.25, 0.3) is 5.91 Å². The second kappa shape index (κ2) is 8.63. The van der Waals surface area contributed by atoms with Crippen molar-refractivity contribution in [2.24, 2.45) is 0 Å². The third-order valence-electron chi connectivity index (χ3n) is 4.37. The molecule has 0 aliphatic carbocycles. The van der Waals surface area contributed by atoms with Crippen molar-refractivity contribution in [2.45, 2.75) is 12.5 Å². The fraction of sp³-hybridized carbons (Fsp3) is 0.167. The Bertz CT molecular complexity index is 1060. The summed E-state index contributed by atoms with van der Waals surface area (Å²) in [7, 11) is 1.23. The second-order valence-electron chi connectivity index (χ2n) is 6.38. The Balaban J connectivity index is 1.86. The number of amides is 2. The first-order chi connectivity index (χ1) is 14.5. The molecule has 1 aliphatic heterocycles. The number of thiocarbonyl (C=S) groups is 1. The topological polar surface area (TPSA) is 64.7 Å². The summed E-state index contributed by atoms with van der Waals surface area (Å²) >= 11 is 10.8. The van der Waals surface area contributed by atoms with Gasteiger partial charge in [-0.3, -0.25) is 19.9 Å². The zero-order valence-electron chi connectivity index (χ0n) is 15.5. The van der Waals surface area contributed by atoms with E-state index in [9.17, 15) is 31.5 Å². The lowest BCUT2D eigenvalue weighted by Gasteiger charge is -2.25. The number of halogens is 6. The van der Waals surface area contributed by atoms with E-state index in [4.69, 9.17) is 23.8 Å². The van der Waals surface area contributed by atoms with Crippen LogP contribution in [0.2, 0.25) is 5.02 Å². The molecule has 3 rings (SSSR count). The molecule has 1 unspecified atom stereocenters. The van der Waals surface area contributed by atoms with Gasteiger partial charge in [0.15, 0.2) is 28.4 Å². The maximum absolute atomic E-state index is 14.0. The molecule has 2 aromatic rings. The Kier molecular flexibility index (Phi) is 6.32. The van der Waals surface area contributed by atoms with E-state index in [-0.39, 0.29) is 5.11 Å². The molecule has 164 valence electrons. The van der Waals surface area contributed by atoms with Crippen LogP contribution in [-0.4, -0.2) is 39.9 Å². The van der Waals surface area contributed by atoms with Crippen LogP contribution in [0.4, 0.5) is 33.3 Å². The summed E-state index contributed by atoms with van der Waals surface area (Å²) in [5.74, 6) is -12.4. The Morgan fingerprint density at radius 1 is 1.03 bits per heavy atom.